The molecule has 0 bridgehead atoms. The van der Waals surface area contributed by atoms with E-state index in [4.69, 9.17) is 4.74 Å². The molecule has 31 heavy (non-hydrogen) atoms. The first-order valence-corrected chi connectivity index (χ1v) is 12.5. The molecule has 0 saturated heterocycles. The van der Waals surface area contributed by atoms with Gasteiger partial charge in [-0.05, 0) is 29.3 Å². The molecular weight excluding hydrogens is 546 g/mol. The predicted octanol–water partition coefficient (Wildman–Crippen LogP) is 6.12. The second-order valence-corrected chi connectivity index (χ2v) is 11.6. The van der Waals surface area contributed by atoms with Crippen molar-refractivity contribution in [1.82, 2.24) is 3.97 Å². The van der Waals surface area contributed by atoms with E-state index in [1.165, 1.54) is 19.2 Å². The molecule has 1 heterocycles. The lowest BCUT2D eigenvalue weighted by Crippen LogP contribution is -2.19. The average Bonchev–Trinajstić information content (AvgIpc) is 3.15. The van der Waals surface area contributed by atoms with Gasteiger partial charge >= 0.3 is 5.97 Å². The number of para-hydroxylation sites is 1. The molecule has 0 spiro atoms. The summed E-state index contributed by atoms with van der Waals surface area (Å²) in [5.41, 5.74) is 2.58. The quantitative estimate of drug-likeness (QED) is 0.217. The number of aromatic nitrogens is 1. The van der Waals surface area contributed by atoms with Crippen LogP contribution in [0, 0.1) is 0 Å². The number of benzene rings is 3. The Balaban J connectivity index is 2.10. The van der Waals surface area contributed by atoms with Crippen molar-refractivity contribution in [2.75, 3.05) is 7.11 Å². The van der Waals surface area contributed by atoms with Crippen LogP contribution in [0.3, 0.4) is 0 Å². The molecule has 0 aliphatic heterocycles. The number of methoxy groups -OCH3 is 1. The zero-order valence-electron chi connectivity index (χ0n) is 16.3. The summed E-state index contributed by atoms with van der Waals surface area (Å²) >= 11 is 6.93. The van der Waals surface area contributed by atoms with E-state index in [1.807, 2.05) is 30.3 Å². The van der Waals surface area contributed by atoms with Gasteiger partial charge in [-0.3, -0.25) is 0 Å². The predicted molar refractivity (Wildman–Crippen MR) is 128 cm³/mol. The summed E-state index contributed by atoms with van der Waals surface area (Å²) in [5, 5.41) is 0.643. The molecule has 0 atom stereocenters. The van der Waals surface area contributed by atoms with Crippen LogP contribution in [0.15, 0.2) is 83.8 Å². The molecule has 0 aliphatic rings. The van der Waals surface area contributed by atoms with Gasteiger partial charge in [0, 0.05) is 10.9 Å². The van der Waals surface area contributed by atoms with Crippen LogP contribution in [0.25, 0.3) is 22.0 Å². The molecule has 0 amide bonds. The van der Waals surface area contributed by atoms with Crippen LogP contribution < -0.4 is 0 Å². The standard InChI is InChI=1S/C23H17Br2NO4S/c1-30-23(27)21-20(15-11-13-16(14-12-15)22(24)25)18-9-5-6-10-19(18)26(21)31(28,29)17-7-3-2-4-8-17/h2-14,22H,1H3. The van der Waals surface area contributed by atoms with E-state index >= 15 is 0 Å². The average molecular weight is 563 g/mol. The van der Waals surface area contributed by atoms with Crippen LogP contribution in [-0.4, -0.2) is 25.5 Å². The maximum Gasteiger partial charge on any atom is 0.356 e. The minimum atomic E-state index is -4.06. The van der Waals surface area contributed by atoms with Crippen molar-refractivity contribution < 1.29 is 17.9 Å². The molecule has 158 valence electrons. The Labute approximate surface area is 197 Å². The minimum Gasteiger partial charge on any atom is -0.464 e. The van der Waals surface area contributed by atoms with Crippen molar-refractivity contribution in [1.29, 1.82) is 0 Å². The van der Waals surface area contributed by atoms with E-state index in [-0.39, 0.29) is 14.3 Å². The number of esters is 1. The van der Waals surface area contributed by atoms with E-state index < -0.39 is 16.0 Å². The number of ether oxygens (including phenoxy) is 1. The Morgan fingerprint density at radius 1 is 0.903 bits per heavy atom. The SMILES string of the molecule is COC(=O)c1c(-c2ccc(C(Br)Br)cc2)c2ccccc2n1S(=O)(=O)c1ccccc1. The Morgan fingerprint density at radius 2 is 1.52 bits per heavy atom. The van der Waals surface area contributed by atoms with E-state index in [1.54, 1.807) is 36.4 Å². The Morgan fingerprint density at radius 3 is 2.13 bits per heavy atom. The maximum absolute atomic E-state index is 13.6. The molecule has 5 nitrogen and oxygen atoms in total. The summed E-state index contributed by atoms with van der Waals surface area (Å²) in [5.74, 6) is -0.728. The smallest absolute Gasteiger partial charge is 0.356 e. The maximum atomic E-state index is 13.6. The summed E-state index contributed by atoms with van der Waals surface area (Å²) in [6, 6.07) is 22.6. The van der Waals surface area contributed by atoms with Gasteiger partial charge in [0.25, 0.3) is 10.0 Å². The number of nitrogens with zero attached hydrogens (tertiary/aromatic N) is 1. The minimum absolute atomic E-state index is 0.0195. The zero-order chi connectivity index (χ0) is 22.2. The summed E-state index contributed by atoms with van der Waals surface area (Å²) < 4.78 is 33.3. The molecule has 0 aliphatic carbocycles. The first-order valence-electron chi connectivity index (χ1n) is 9.27. The molecule has 1 aromatic heterocycles. The number of hydrogen-bond acceptors (Lipinski definition) is 4. The monoisotopic (exact) mass is 561 g/mol. The van der Waals surface area contributed by atoms with Gasteiger partial charge in [-0.2, -0.15) is 0 Å². The molecule has 0 fully saturated rings. The van der Waals surface area contributed by atoms with Crippen LogP contribution >= 0.6 is 31.9 Å². The lowest BCUT2D eigenvalue weighted by atomic mass is 10.0. The summed E-state index contributed by atoms with van der Waals surface area (Å²) in [6.07, 6.45) is 0. The first kappa shape index (κ1) is 21.8. The highest BCUT2D eigenvalue weighted by atomic mass is 79.9. The van der Waals surface area contributed by atoms with Crippen LogP contribution in [0.5, 0.6) is 0 Å². The Hall–Kier alpha value is -2.42. The molecule has 4 aromatic rings. The highest BCUT2D eigenvalue weighted by molar-refractivity contribution is 9.24. The van der Waals surface area contributed by atoms with E-state index in [9.17, 15) is 13.2 Å². The van der Waals surface area contributed by atoms with Gasteiger partial charge < -0.3 is 4.74 Å². The van der Waals surface area contributed by atoms with Crippen molar-refractivity contribution in [3.05, 3.63) is 90.1 Å². The Bertz CT molecular complexity index is 1360. The lowest BCUT2D eigenvalue weighted by molar-refractivity contribution is 0.0594. The van der Waals surface area contributed by atoms with Crippen LogP contribution in [0.4, 0.5) is 0 Å². The molecule has 0 unspecified atom stereocenters. The van der Waals surface area contributed by atoms with Crippen molar-refractivity contribution in [2.24, 2.45) is 0 Å². The number of fused-ring (bicyclic) bond motifs is 1. The van der Waals surface area contributed by atoms with Gasteiger partial charge in [0.1, 0.15) is 0 Å². The van der Waals surface area contributed by atoms with Crippen molar-refractivity contribution in [3.63, 3.8) is 0 Å². The second-order valence-electron chi connectivity index (χ2n) is 6.74. The molecule has 4 rings (SSSR count). The summed E-state index contributed by atoms with van der Waals surface area (Å²) in [4.78, 5) is 13.0. The molecule has 0 radical (unpaired) electrons. The first-order chi connectivity index (χ1) is 14.9. The zero-order valence-corrected chi connectivity index (χ0v) is 20.3. The molecule has 0 saturated carbocycles. The van der Waals surface area contributed by atoms with Gasteiger partial charge in [0.05, 0.1) is 21.3 Å². The normalized spacial score (nSPS) is 11.7. The fraction of sp³-hybridized carbons (Fsp3) is 0.0870. The highest BCUT2D eigenvalue weighted by Gasteiger charge is 2.31. The van der Waals surface area contributed by atoms with Crippen LogP contribution in [-0.2, 0) is 14.8 Å². The molecule has 0 N–H and O–H groups in total. The van der Waals surface area contributed by atoms with Crippen LogP contribution in [0.2, 0.25) is 0 Å². The Kier molecular flexibility index (Phi) is 6.05. The third-order valence-electron chi connectivity index (χ3n) is 4.94. The topological polar surface area (TPSA) is 65.4 Å². The largest absolute Gasteiger partial charge is 0.464 e. The lowest BCUT2D eigenvalue weighted by Gasteiger charge is -2.12. The fourth-order valence-electron chi connectivity index (χ4n) is 3.53. The highest BCUT2D eigenvalue weighted by Crippen LogP contribution is 2.39. The third-order valence-corrected chi connectivity index (χ3v) is 7.73. The van der Waals surface area contributed by atoms with Gasteiger partial charge in [-0.15, -0.1) is 0 Å². The van der Waals surface area contributed by atoms with Crippen molar-refractivity contribution in [3.8, 4) is 11.1 Å². The third kappa shape index (κ3) is 3.84. The number of alkyl halides is 2. The number of carbonyl (C=O) groups is 1. The van der Waals surface area contributed by atoms with Gasteiger partial charge in [-0.25, -0.2) is 17.2 Å². The van der Waals surface area contributed by atoms with Gasteiger partial charge in [0.15, 0.2) is 5.69 Å². The summed E-state index contributed by atoms with van der Waals surface area (Å²) in [7, 11) is -2.82. The fourth-order valence-corrected chi connectivity index (χ4v) is 5.68. The number of hydrogen-bond donors (Lipinski definition) is 0. The summed E-state index contributed by atoms with van der Waals surface area (Å²) in [6.45, 7) is 0. The van der Waals surface area contributed by atoms with E-state index in [0.717, 1.165) is 9.54 Å². The molecule has 8 heteroatoms. The molecule has 3 aromatic carbocycles. The van der Waals surface area contributed by atoms with Gasteiger partial charge in [-0.1, -0.05) is 92.5 Å². The van der Waals surface area contributed by atoms with Crippen molar-refractivity contribution >= 4 is 58.8 Å². The van der Waals surface area contributed by atoms with E-state index in [0.29, 0.717) is 22.0 Å². The number of carbonyl (C=O) groups excluding carboxylic acids is 1. The van der Waals surface area contributed by atoms with Gasteiger partial charge in [0.2, 0.25) is 0 Å². The number of halogens is 2. The van der Waals surface area contributed by atoms with Crippen LogP contribution in [0.1, 0.15) is 19.8 Å². The van der Waals surface area contributed by atoms with Crippen molar-refractivity contribution in [2.45, 2.75) is 8.63 Å². The number of rotatable bonds is 5. The second kappa shape index (κ2) is 8.61. The molecular formula is C23H17Br2NO4S. The van der Waals surface area contributed by atoms with E-state index in [2.05, 4.69) is 31.9 Å².